The number of amides is 1. The quantitative estimate of drug-likeness (QED) is 0.798. The standard InChI is InChI=1S/C21H27N3O/c1-12-10-14-15(11-13(12)2)23-17-16(22-14)20(5)8-9-21(17,19(20,3)4)18(25)24(6)7/h10-11H,8-9H2,1-7H3/t20-,21-/m0/s1. The molecule has 1 aromatic carbocycles. The summed E-state index contributed by atoms with van der Waals surface area (Å²) in [7, 11) is 3.70. The van der Waals surface area contributed by atoms with Gasteiger partial charge in [0, 0.05) is 19.5 Å². The number of nitrogens with zero attached hydrogens (tertiary/aromatic N) is 3. The Hall–Kier alpha value is -1.97. The average molecular weight is 337 g/mol. The fraction of sp³-hybridized carbons (Fsp3) is 0.571. The first-order chi connectivity index (χ1) is 11.6. The van der Waals surface area contributed by atoms with Crippen LogP contribution in [-0.4, -0.2) is 34.9 Å². The number of benzene rings is 1. The van der Waals surface area contributed by atoms with Crippen molar-refractivity contribution in [3.63, 3.8) is 0 Å². The van der Waals surface area contributed by atoms with E-state index in [1.54, 1.807) is 4.90 Å². The number of rotatable bonds is 1. The summed E-state index contributed by atoms with van der Waals surface area (Å²) in [5.74, 6) is 0.164. The fourth-order valence-corrected chi connectivity index (χ4v) is 5.21. The van der Waals surface area contributed by atoms with Crippen molar-refractivity contribution in [1.82, 2.24) is 14.9 Å². The first kappa shape index (κ1) is 16.5. The van der Waals surface area contributed by atoms with E-state index >= 15 is 0 Å². The molecule has 4 rings (SSSR count). The third kappa shape index (κ3) is 1.66. The van der Waals surface area contributed by atoms with Gasteiger partial charge in [0.15, 0.2) is 0 Å². The van der Waals surface area contributed by atoms with E-state index < -0.39 is 5.41 Å². The van der Waals surface area contributed by atoms with Gasteiger partial charge in [0.05, 0.1) is 27.8 Å². The normalized spacial score (nSPS) is 29.1. The third-order valence-corrected chi connectivity index (χ3v) is 7.42. The molecule has 1 aromatic heterocycles. The second-order valence-corrected chi connectivity index (χ2v) is 8.91. The average Bonchev–Trinajstić information content (AvgIpc) is 2.82. The van der Waals surface area contributed by atoms with E-state index in [1.807, 2.05) is 14.1 Å². The van der Waals surface area contributed by atoms with E-state index in [-0.39, 0.29) is 16.7 Å². The maximum Gasteiger partial charge on any atom is 0.234 e. The summed E-state index contributed by atoms with van der Waals surface area (Å²) < 4.78 is 0. The minimum atomic E-state index is -0.569. The van der Waals surface area contributed by atoms with Crippen molar-refractivity contribution in [3.05, 3.63) is 34.6 Å². The zero-order valence-electron chi connectivity index (χ0n) is 16.3. The maximum atomic E-state index is 13.4. The van der Waals surface area contributed by atoms with Crippen LogP contribution < -0.4 is 0 Å². The van der Waals surface area contributed by atoms with E-state index in [0.717, 1.165) is 35.3 Å². The summed E-state index contributed by atoms with van der Waals surface area (Å²) in [6.45, 7) is 10.9. The van der Waals surface area contributed by atoms with Crippen molar-refractivity contribution < 1.29 is 4.79 Å². The third-order valence-electron chi connectivity index (χ3n) is 7.42. The molecule has 2 bridgehead atoms. The van der Waals surface area contributed by atoms with Gasteiger partial charge in [-0.2, -0.15) is 0 Å². The molecule has 0 spiro atoms. The second kappa shape index (κ2) is 4.60. The van der Waals surface area contributed by atoms with E-state index in [4.69, 9.17) is 9.97 Å². The van der Waals surface area contributed by atoms with E-state index in [2.05, 4.69) is 46.8 Å². The molecule has 0 aliphatic heterocycles. The molecule has 2 atom stereocenters. The molecule has 2 aliphatic carbocycles. The SMILES string of the molecule is Cc1cc2nc3c(nc2cc1C)[C@]1(C(=O)N(C)C)CC[C@]3(C)C1(C)C. The zero-order valence-corrected chi connectivity index (χ0v) is 16.3. The van der Waals surface area contributed by atoms with Crippen LogP contribution in [0.1, 0.15) is 56.1 Å². The monoisotopic (exact) mass is 337 g/mol. The van der Waals surface area contributed by atoms with Gasteiger partial charge in [-0.05, 0) is 55.4 Å². The van der Waals surface area contributed by atoms with Gasteiger partial charge in [-0.3, -0.25) is 4.79 Å². The Morgan fingerprint density at radius 1 is 0.960 bits per heavy atom. The number of aryl methyl sites for hydroxylation is 2. The minimum Gasteiger partial charge on any atom is -0.348 e. The predicted octanol–water partition coefficient (Wildman–Crippen LogP) is 3.66. The molecule has 2 aromatic rings. The van der Waals surface area contributed by atoms with Crippen LogP contribution in [0.4, 0.5) is 0 Å². The molecule has 0 N–H and O–H groups in total. The lowest BCUT2D eigenvalue weighted by atomic mass is 9.63. The van der Waals surface area contributed by atoms with Gasteiger partial charge in [-0.1, -0.05) is 20.8 Å². The molecule has 132 valence electrons. The minimum absolute atomic E-state index is 0.117. The highest BCUT2D eigenvalue weighted by molar-refractivity contribution is 5.92. The van der Waals surface area contributed by atoms with E-state index in [0.29, 0.717) is 0 Å². The van der Waals surface area contributed by atoms with Crippen molar-refractivity contribution in [2.75, 3.05) is 14.1 Å². The van der Waals surface area contributed by atoms with Gasteiger partial charge in [0.25, 0.3) is 0 Å². The molecule has 1 fully saturated rings. The van der Waals surface area contributed by atoms with Crippen molar-refractivity contribution in [2.45, 2.75) is 58.3 Å². The van der Waals surface area contributed by atoms with E-state index in [9.17, 15) is 4.79 Å². The van der Waals surface area contributed by atoms with Crippen LogP contribution in [0.5, 0.6) is 0 Å². The summed E-state index contributed by atoms with van der Waals surface area (Å²) in [4.78, 5) is 25.2. The Morgan fingerprint density at radius 3 is 2.00 bits per heavy atom. The Morgan fingerprint density at radius 2 is 1.48 bits per heavy atom. The van der Waals surface area contributed by atoms with Crippen LogP contribution in [-0.2, 0) is 15.6 Å². The van der Waals surface area contributed by atoms with Gasteiger partial charge in [0.1, 0.15) is 0 Å². The maximum absolute atomic E-state index is 13.4. The van der Waals surface area contributed by atoms with Crippen LogP contribution in [0, 0.1) is 19.3 Å². The van der Waals surface area contributed by atoms with Crippen LogP contribution in [0.25, 0.3) is 11.0 Å². The Kier molecular flexibility index (Phi) is 3.03. The molecule has 1 heterocycles. The molecule has 0 radical (unpaired) electrons. The fourth-order valence-electron chi connectivity index (χ4n) is 5.21. The molecule has 0 saturated heterocycles. The summed E-state index contributed by atoms with van der Waals surface area (Å²) in [5, 5.41) is 0. The molecular formula is C21H27N3O. The van der Waals surface area contributed by atoms with Crippen molar-refractivity contribution in [1.29, 1.82) is 0 Å². The van der Waals surface area contributed by atoms with Crippen molar-refractivity contribution in [2.24, 2.45) is 5.41 Å². The van der Waals surface area contributed by atoms with Gasteiger partial charge in [0.2, 0.25) is 5.91 Å². The zero-order chi connectivity index (χ0) is 18.4. The van der Waals surface area contributed by atoms with Crippen LogP contribution in [0.15, 0.2) is 12.1 Å². The van der Waals surface area contributed by atoms with Crippen LogP contribution in [0.3, 0.4) is 0 Å². The first-order valence-electron chi connectivity index (χ1n) is 9.08. The van der Waals surface area contributed by atoms with Gasteiger partial charge < -0.3 is 4.90 Å². The first-order valence-corrected chi connectivity index (χ1v) is 9.08. The van der Waals surface area contributed by atoms with E-state index in [1.165, 1.54) is 11.1 Å². The number of hydrogen-bond donors (Lipinski definition) is 0. The predicted molar refractivity (Wildman–Crippen MR) is 99.8 cm³/mol. The lowest BCUT2D eigenvalue weighted by Crippen LogP contribution is -2.50. The number of carbonyl (C=O) groups excluding carboxylic acids is 1. The highest BCUT2D eigenvalue weighted by Gasteiger charge is 2.73. The highest BCUT2D eigenvalue weighted by atomic mass is 16.2. The highest BCUT2D eigenvalue weighted by Crippen LogP contribution is 2.70. The molecule has 1 amide bonds. The number of hydrogen-bond acceptors (Lipinski definition) is 3. The molecular weight excluding hydrogens is 310 g/mol. The van der Waals surface area contributed by atoms with Gasteiger partial charge in [-0.15, -0.1) is 0 Å². The molecule has 1 saturated carbocycles. The molecule has 0 unspecified atom stereocenters. The summed E-state index contributed by atoms with van der Waals surface area (Å²) in [6, 6.07) is 4.23. The lowest BCUT2D eigenvalue weighted by Gasteiger charge is -2.40. The Labute approximate surface area is 149 Å². The number of aromatic nitrogens is 2. The largest absolute Gasteiger partial charge is 0.348 e. The second-order valence-electron chi connectivity index (χ2n) is 8.91. The topological polar surface area (TPSA) is 46.1 Å². The summed E-state index contributed by atoms with van der Waals surface area (Å²) in [6.07, 6.45) is 1.84. The van der Waals surface area contributed by atoms with Gasteiger partial charge >= 0.3 is 0 Å². The number of carbonyl (C=O) groups is 1. The van der Waals surface area contributed by atoms with Crippen LogP contribution in [0.2, 0.25) is 0 Å². The summed E-state index contributed by atoms with van der Waals surface area (Å²) in [5.41, 5.74) is 5.35. The summed E-state index contributed by atoms with van der Waals surface area (Å²) >= 11 is 0. The molecule has 4 heteroatoms. The smallest absolute Gasteiger partial charge is 0.234 e. The van der Waals surface area contributed by atoms with Crippen LogP contribution >= 0.6 is 0 Å². The molecule has 4 nitrogen and oxygen atoms in total. The Bertz CT molecular complexity index is 930. The number of fused-ring (bicyclic) bond motifs is 6. The van der Waals surface area contributed by atoms with Gasteiger partial charge in [-0.25, -0.2) is 9.97 Å². The molecule has 2 aliphatic rings. The van der Waals surface area contributed by atoms with Crippen molar-refractivity contribution >= 4 is 16.9 Å². The van der Waals surface area contributed by atoms with Crippen molar-refractivity contribution in [3.8, 4) is 0 Å². The lowest BCUT2D eigenvalue weighted by molar-refractivity contribution is -0.138. The Balaban J connectivity index is 2.10. The number of likely N-dealkylation sites (N-methyl/N-ethyl adjacent to an activating group) is 1. The molecule has 25 heavy (non-hydrogen) atoms.